The van der Waals surface area contributed by atoms with E-state index in [0.29, 0.717) is 6.42 Å². The summed E-state index contributed by atoms with van der Waals surface area (Å²) in [6, 6.07) is 7.14. The molecule has 1 unspecified atom stereocenters. The number of ether oxygens (including phenoxy) is 1. The summed E-state index contributed by atoms with van der Waals surface area (Å²) < 4.78 is 5.05. The van der Waals surface area contributed by atoms with Crippen LogP contribution in [0.4, 0.5) is 0 Å². The highest BCUT2D eigenvalue weighted by Crippen LogP contribution is 2.18. The average molecular weight is 269 g/mol. The van der Waals surface area contributed by atoms with Gasteiger partial charge in [-0.3, -0.25) is 0 Å². The van der Waals surface area contributed by atoms with E-state index in [0.717, 1.165) is 11.3 Å². The molecule has 1 atom stereocenters. The Morgan fingerprint density at radius 3 is 2.21 bits per heavy atom. The monoisotopic (exact) mass is 269 g/mol. The van der Waals surface area contributed by atoms with E-state index in [4.69, 9.17) is 4.74 Å². The Hall–Kier alpha value is -1.14. The topological polar surface area (TPSA) is 82.0 Å². The van der Waals surface area contributed by atoms with E-state index in [-0.39, 0.29) is 19.8 Å². The van der Waals surface area contributed by atoms with Crippen molar-refractivity contribution in [1.29, 1.82) is 0 Å². The molecule has 0 saturated heterocycles. The van der Waals surface area contributed by atoms with Crippen LogP contribution in [0.1, 0.15) is 25.0 Å². The second-order valence-electron chi connectivity index (χ2n) is 4.62. The molecule has 1 rings (SSSR count). The lowest BCUT2D eigenvalue weighted by Gasteiger charge is -2.31. The van der Waals surface area contributed by atoms with Crippen molar-refractivity contribution >= 4 is 0 Å². The molecule has 0 radical (unpaired) electrons. The number of hydrogen-bond donors (Lipinski definition) is 4. The fourth-order valence-electron chi connectivity index (χ4n) is 1.77. The van der Waals surface area contributed by atoms with Crippen LogP contribution in [0.15, 0.2) is 24.3 Å². The largest absolute Gasteiger partial charge is 0.497 e. The molecule has 4 N–H and O–H groups in total. The summed E-state index contributed by atoms with van der Waals surface area (Å²) in [5, 5.41) is 31.7. The minimum absolute atomic E-state index is 0.171. The first kappa shape index (κ1) is 15.9. The highest BCUT2D eigenvalue weighted by atomic mass is 16.5. The summed E-state index contributed by atoms with van der Waals surface area (Å²) in [6.07, 6.45) is -0.120. The summed E-state index contributed by atoms with van der Waals surface area (Å²) in [5.74, 6) is 0.734. The van der Waals surface area contributed by atoms with Crippen molar-refractivity contribution in [3.63, 3.8) is 0 Å². The minimum atomic E-state index is -0.743. The standard InChI is InChI=1S/C14H23NO4/c1-3-14(9-16,10-17)15-8-13(18)11-4-6-12(19-2)7-5-11/h4-7,13,15-18H,3,8-10H2,1-2H3. The Balaban J connectivity index is 2.60. The highest BCUT2D eigenvalue weighted by Gasteiger charge is 2.26. The van der Waals surface area contributed by atoms with Gasteiger partial charge in [0.25, 0.3) is 0 Å². The van der Waals surface area contributed by atoms with Crippen LogP contribution in [0, 0.1) is 0 Å². The molecule has 1 aromatic carbocycles. The quantitative estimate of drug-likeness (QED) is 0.551. The second-order valence-corrected chi connectivity index (χ2v) is 4.62. The van der Waals surface area contributed by atoms with Gasteiger partial charge in [0.05, 0.1) is 32.0 Å². The summed E-state index contributed by atoms with van der Waals surface area (Å²) in [4.78, 5) is 0. The van der Waals surface area contributed by atoms with E-state index in [2.05, 4.69) is 5.32 Å². The molecular formula is C14H23NO4. The number of aliphatic hydroxyl groups is 3. The minimum Gasteiger partial charge on any atom is -0.497 e. The van der Waals surface area contributed by atoms with E-state index in [1.54, 1.807) is 31.4 Å². The van der Waals surface area contributed by atoms with Gasteiger partial charge in [-0.15, -0.1) is 0 Å². The average Bonchev–Trinajstić information content (AvgIpc) is 2.49. The van der Waals surface area contributed by atoms with Crippen molar-refractivity contribution in [3.8, 4) is 5.75 Å². The SMILES string of the molecule is CCC(CO)(CO)NCC(O)c1ccc(OC)cc1. The van der Waals surface area contributed by atoms with Crippen molar-refractivity contribution in [2.45, 2.75) is 25.0 Å². The van der Waals surface area contributed by atoms with Crippen molar-refractivity contribution in [2.75, 3.05) is 26.9 Å². The third kappa shape index (κ3) is 4.18. The van der Waals surface area contributed by atoms with Gasteiger partial charge in [-0.2, -0.15) is 0 Å². The van der Waals surface area contributed by atoms with Crippen LogP contribution in [-0.4, -0.2) is 47.7 Å². The number of benzene rings is 1. The third-order valence-corrected chi connectivity index (χ3v) is 3.45. The van der Waals surface area contributed by atoms with Crippen molar-refractivity contribution < 1.29 is 20.1 Å². The maximum absolute atomic E-state index is 10.1. The predicted molar refractivity (Wildman–Crippen MR) is 73.2 cm³/mol. The normalized spacial score (nSPS) is 13.3. The number of methoxy groups -OCH3 is 1. The lowest BCUT2D eigenvalue weighted by atomic mass is 9.97. The van der Waals surface area contributed by atoms with Gasteiger partial charge in [-0.25, -0.2) is 0 Å². The van der Waals surface area contributed by atoms with E-state index in [1.807, 2.05) is 6.92 Å². The molecule has 0 aliphatic rings. The Morgan fingerprint density at radius 2 is 1.79 bits per heavy atom. The zero-order valence-corrected chi connectivity index (χ0v) is 11.5. The summed E-state index contributed by atoms with van der Waals surface area (Å²) >= 11 is 0. The first-order valence-electron chi connectivity index (χ1n) is 6.39. The van der Waals surface area contributed by atoms with E-state index in [9.17, 15) is 15.3 Å². The van der Waals surface area contributed by atoms with Crippen molar-refractivity contribution in [1.82, 2.24) is 5.32 Å². The Labute approximate surface area is 113 Å². The Kier molecular flexibility index (Phi) is 6.24. The molecule has 0 saturated carbocycles. The van der Waals surface area contributed by atoms with Gasteiger partial charge in [0.2, 0.25) is 0 Å². The van der Waals surface area contributed by atoms with Crippen LogP contribution in [-0.2, 0) is 0 Å². The summed E-state index contributed by atoms with van der Waals surface area (Å²) in [5.41, 5.74) is 0.0159. The van der Waals surface area contributed by atoms with Gasteiger partial charge in [-0.05, 0) is 24.1 Å². The van der Waals surface area contributed by atoms with Crippen LogP contribution >= 0.6 is 0 Å². The van der Waals surface area contributed by atoms with Crippen LogP contribution in [0.5, 0.6) is 5.75 Å². The first-order valence-corrected chi connectivity index (χ1v) is 6.39. The number of nitrogens with one attached hydrogen (secondary N) is 1. The molecule has 0 amide bonds. The molecule has 19 heavy (non-hydrogen) atoms. The molecule has 5 heteroatoms. The molecule has 5 nitrogen and oxygen atoms in total. The van der Waals surface area contributed by atoms with E-state index in [1.165, 1.54) is 0 Å². The summed E-state index contributed by atoms with van der Waals surface area (Å²) in [6.45, 7) is 1.80. The molecule has 1 aromatic rings. The van der Waals surface area contributed by atoms with Gasteiger partial charge >= 0.3 is 0 Å². The Morgan fingerprint density at radius 1 is 1.21 bits per heavy atom. The van der Waals surface area contributed by atoms with Crippen LogP contribution in [0.3, 0.4) is 0 Å². The maximum atomic E-state index is 10.1. The number of rotatable bonds is 8. The maximum Gasteiger partial charge on any atom is 0.118 e. The molecule has 0 aliphatic carbocycles. The first-order chi connectivity index (χ1) is 9.10. The molecule has 0 bridgehead atoms. The van der Waals surface area contributed by atoms with E-state index >= 15 is 0 Å². The fourth-order valence-corrected chi connectivity index (χ4v) is 1.77. The molecule has 0 fully saturated rings. The molecule has 108 valence electrons. The van der Waals surface area contributed by atoms with E-state index < -0.39 is 11.6 Å². The van der Waals surface area contributed by atoms with Crippen molar-refractivity contribution in [2.24, 2.45) is 0 Å². The van der Waals surface area contributed by atoms with Crippen LogP contribution < -0.4 is 10.1 Å². The zero-order chi connectivity index (χ0) is 14.3. The van der Waals surface area contributed by atoms with Gasteiger partial charge in [0, 0.05) is 6.54 Å². The third-order valence-electron chi connectivity index (χ3n) is 3.45. The predicted octanol–water partition coefficient (Wildman–Crippen LogP) is 0.452. The Bertz CT molecular complexity index is 354. The smallest absolute Gasteiger partial charge is 0.118 e. The van der Waals surface area contributed by atoms with Gasteiger partial charge in [-0.1, -0.05) is 19.1 Å². The molecular weight excluding hydrogens is 246 g/mol. The summed E-state index contributed by atoms with van der Waals surface area (Å²) in [7, 11) is 1.59. The number of hydrogen-bond acceptors (Lipinski definition) is 5. The van der Waals surface area contributed by atoms with Gasteiger partial charge in [0.1, 0.15) is 5.75 Å². The van der Waals surface area contributed by atoms with Crippen LogP contribution in [0.25, 0.3) is 0 Å². The fraction of sp³-hybridized carbons (Fsp3) is 0.571. The van der Waals surface area contributed by atoms with Crippen molar-refractivity contribution in [3.05, 3.63) is 29.8 Å². The lowest BCUT2D eigenvalue weighted by molar-refractivity contribution is 0.0707. The highest BCUT2D eigenvalue weighted by molar-refractivity contribution is 5.28. The molecule has 0 aromatic heterocycles. The molecule has 0 spiro atoms. The van der Waals surface area contributed by atoms with Gasteiger partial charge < -0.3 is 25.4 Å². The van der Waals surface area contributed by atoms with Gasteiger partial charge in [0.15, 0.2) is 0 Å². The molecule has 0 heterocycles. The molecule has 0 aliphatic heterocycles. The van der Waals surface area contributed by atoms with Crippen LogP contribution in [0.2, 0.25) is 0 Å². The lowest BCUT2D eigenvalue weighted by Crippen LogP contribution is -2.52. The zero-order valence-electron chi connectivity index (χ0n) is 11.5. The number of β-amino-alcohol motifs (C(OH)–C–C–N with tert-alkyl or cyclic N) is 1. The number of aliphatic hydroxyl groups excluding tert-OH is 3. The second kappa shape index (κ2) is 7.45.